The van der Waals surface area contributed by atoms with E-state index in [-0.39, 0.29) is 40.8 Å². The van der Waals surface area contributed by atoms with Gasteiger partial charge in [0.15, 0.2) is 13.2 Å². The first kappa shape index (κ1) is 21.2. The minimum absolute atomic E-state index is 0.00748. The summed E-state index contributed by atoms with van der Waals surface area (Å²) in [5, 5.41) is 20.1. The van der Waals surface area contributed by atoms with Crippen LogP contribution in [0.3, 0.4) is 0 Å². The third kappa shape index (κ3) is 4.07. The lowest BCUT2D eigenvalue weighted by Crippen LogP contribution is -2.77. The molecule has 2 heterocycles. The fraction of sp³-hybridized carbons (Fsp3) is 0.318. The highest BCUT2D eigenvalue weighted by Gasteiger charge is 2.71. The first-order chi connectivity index (χ1) is 15.9. The van der Waals surface area contributed by atoms with Gasteiger partial charge in [-0.05, 0) is 31.4 Å². The van der Waals surface area contributed by atoms with Crippen molar-refractivity contribution in [3.8, 4) is 17.6 Å². The van der Waals surface area contributed by atoms with Crippen molar-refractivity contribution in [2.75, 3.05) is 6.61 Å². The lowest BCUT2D eigenvalue weighted by molar-refractivity contribution is -0.143. The Hall–Kier alpha value is -3.71. The zero-order chi connectivity index (χ0) is 23.1. The number of hydrogen-bond donors (Lipinski definition) is 1. The van der Waals surface area contributed by atoms with Gasteiger partial charge in [0.1, 0.15) is 23.4 Å². The number of halogens is 2. The number of hydrogen-bond acceptors (Lipinski definition) is 8. The quantitative estimate of drug-likeness (QED) is 0.534. The van der Waals surface area contributed by atoms with Gasteiger partial charge in [-0.3, -0.25) is 9.78 Å². The topological polar surface area (TPSA) is 123 Å². The Bertz CT molecular complexity index is 1250. The maximum absolute atomic E-state index is 13.5. The van der Waals surface area contributed by atoms with Crippen LogP contribution in [0.15, 0.2) is 41.1 Å². The summed E-state index contributed by atoms with van der Waals surface area (Å²) < 4.78 is 30.1. The number of aromatic nitrogens is 3. The predicted octanol–water partition coefficient (Wildman–Crippen LogP) is 3.08. The lowest BCUT2D eigenvalue weighted by atomic mass is 9.39. The summed E-state index contributed by atoms with van der Waals surface area (Å²) in [5.74, 6) is 0.619. The Kier molecular flexibility index (Phi) is 5.13. The highest BCUT2D eigenvalue weighted by atomic mass is 35.5. The summed E-state index contributed by atoms with van der Waals surface area (Å²) in [6.07, 6.45) is 5.02. The maximum Gasteiger partial charge on any atom is 0.258 e. The number of pyridine rings is 1. The number of carbonyl (C=O) groups excluding carboxylic acids is 1. The number of amides is 1. The van der Waals surface area contributed by atoms with E-state index in [1.165, 1.54) is 24.5 Å². The van der Waals surface area contributed by atoms with Crippen molar-refractivity contribution in [1.82, 2.24) is 20.5 Å². The van der Waals surface area contributed by atoms with E-state index in [2.05, 4.69) is 20.5 Å². The molecular weight excluding hydrogens is 453 g/mol. The number of nitrogens with one attached hydrogen (secondary N) is 1. The third-order valence-corrected chi connectivity index (χ3v) is 6.13. The molecule has 3 fully saturated rings. The molecular formula is C22H17ClFN5O4. The number of rotatable bonds is 8. The fourth-order valence-corrected chi connectivity index (χ4v) is 4.54. The average Bonchev–Trinajstić information content (AvgIpc) is 3.23. The highest BCUT2D eigenvalue weighted by molar-refractivity contribution is 6.30. The molecule has 3 aliphatic carbocycles. The largest absolute Gasteiger partial charge is 0.484 e. The molecule has 33 heavy (non-hydrogen) atoms. The smallest absolute Gasteiger partial charge is 0.258 e. The predicted molar refractivity (Wildman–Crippen MR) is 111 cm³/mol. The van der Waals surface area contributed by atoms with Crippen LogP contribution in [-0.4, -0.2) is 33.2 Å². The van der Waals surface area contributed by atoms with Crippen LogP contribution in [0.2, 0.25) is 5.02 Å². The van der Waals surface area contributed by atoms with E-state index in [0.29, 0.717) is 42.4 Å². The van der Waals surface area contributed by atoms with Crippen molar-refractivity contribution in [3.05, 3.63) is 64.8 Å². The van der Waals surface area contributed by atoms with E-state index in [1.807, 2.05) is 6.07 Å². The summed E-state index contributed by atoms with van der Waals surface area (Å²) in [6, 6.07) is 7.58. The van der Waals surface area contributed by atoms with Gasteiger partial charge < -0.3 is 19.2 Å². The molecule has 3 aromatic rings. The Morgan fingerprint density at radius 3 is 2.79 bits per heavy atom. The van der Waals surface area contributed by atoms with Crippen molar-refractivity contribution in [1.29, 1.82) is 5.26 Å². The molecule has 0 saturated heterocycles. The van der Waals surface area contributed by atoms with Crippen LogP contribution in [0.4, 0.5) is 4.39 Å². The maximum atomic E-state index is 13.5. The second kappa shape index (κ2) is 8.01. The van der Waals surface area contributed by atoms with Crippen molar-refractivity contribution < 1.29 is 23.1 Å². The molecule has 1 N–H and O–H groups in total. The molecule has 2 bridgehead atoms. The Balaban J connectivity index is 1.10. The second-order valence-corrected chi connectivity index (χ2v) is 8.72. The number of nitrogens with zero attached hydrogens (tertiary/aromatic N) is 4. The highest BCUT2D eigenvalue weighted by Crippen LogP contribution is 2.67. The normalized spacial score (nSPS) is 22.5. The lowest BCUT2D eigenvalue weighted by Gasteiger charge is -2.68. The Morgan fingerprint density at radius 2 is 2.03 bits per heavy atom. The number of nitriles is 1. The number of ether oxygens (including phenoxy) is 2. The molecule has 0 radical (unpaired) electrons. The van der Waals surface area contributed by atoms with E-state index in [9.17, 15) is 9.18 Å². The molecule has 1 amide bonds. The van der Waals surface area contributed by atoms with Crippen LogP contribution in [0.5, 0.6) is 11.5 Å². The van der Waals surface area contributed by atoms with Gasteiger partial charge in [0.05, 0.1) is 22.2 Å². The van der Waals surface area contributed by atoms with Crippen LogP contribution in [0.1, 0.15) is 36.6 Å². The van der Waals surface area contributed by atoms with Crippen LogP contribution < -0.4 is 14.8 Å². The van der Waals surface area contributed by atoms with Gasteiger partial charge in [-0.25, -0.2) is 4.39 Å². The zero-order valence-electron chi connectivity index (χ0n) is 17.2. The van der Waals surface area contributed by atoms with Crippen LogP contribution in [0, 0.1) is 17.1 Å². The molecule has 0 atom stereocenters. The summed E-state index contributed by atoms with van der Waals surface area (Å²) in [6.45, 7) is -0.163. The van der Waals surface area contributed by atoms with Crippen molar-refractivity contribution in [2.24, 2.45) is 0 Å². The second-order valence-electron chi connectivity index (χ2n) is 8.31. The van der Waals surface area contributed by atoms with Gasteiger partial charge in [0, 0.05) is 23.9 Å². The van der Waals surface area contributed by atoms with E-state index in [4.69, 9.17) is 30.8 Å². The van der Waals surface area contributed by atoms with Gasteiger partial charge in [0.25, 0.3) is 11.8 Å². The van der Waals surface area contributed by atoms with Gasteiger partial charge >= 0.3 is 0 Å². The van der Waals surface area contributed by atoms with Crippen molar-refractivity contribution in [2.45, 2.75) is 36.8 Å². The minimum atomic E-state index is -0.604. The van der Waals surface area contributed by atoms with Gasteiger partial charge in [-0.2, -0.15) is 5.26 Å². The third-order valence-electron chi connectivity index (χ3n) is 5.82. The molecule has 11 heteroatoms. The summed E-state index contributed by atoms with van der Waals surface area (Å²) >= 11 is 5.64. The van der Waals surface area contributed by atoms with Crippen molar-refractivity contribution >= 4 is 17.5 Å². The molecule has 0 spiro atoms. The van der Waals surface area contributed by atoms with Crippen LogP contribution >= 0.6 is 11.6 Å². The summed E-state index contributed by atoms with van der Waals surface area (Å²) in [5.41, 5.74) is -0.146. The first-order valence-corrected chi connectivity index (χ1v) is 10.5. The standard InChI is InChI=1S/C22H17ClFN5O4/c23-16-2-1-14(4-17(16)24)31-8-18(30)27-22-10-21(11-22,12-22)20-29-28-19(33-20)9-32-15-3-13(5-25)6-26-7-15/h1-4,6-7H,8-12H2,(H,27,30). The van der Waals surface area contributed by atoms with E-state index in [0.717, 1.165) is 6.07 Å². The molecule has 3 aliphatic rings. The van der Waals surface area contributed by atoms with Gasteiger partial charge in [-0.15, -0.1) is 10.2 Å². The monoisotopic (exact) mass is 469 g/mol. The molecule has 2 aromatic heterocycles. The van der Waals surface area contributed by atoms with Crippen molar-refractivity contribution in [3.63, 3.8) is 0 Å². The van der Waals surface area contributed by atoms with E-state index in [1.54, 1.807) is 6.07 Å². The Labute approximate surface area is 192 Å². The number of benzene rings is 1. The van der Waals surface area contributed by atoms with Crippen LogP contribution in [-0.2, 0) is 16.8 Å². The molecule has 6 rings (SSSR count). The minimum Gasteiger partial charge on any atom is -0.484 e. The molecule has 0 aliphatic heterocycles. The van der Waals surface area contributed by atoms with Gasteiger partial charge in [0.2, 0.25) is 5.89 Å². The van der Waals surface area contributed by atoms with Gasteiger partial charge in [-0.1, -0.05) is 11.6 Å². The van der Waals surface area contributed by atoms with Crippen LogP contribution in [0.25, 0.3) is 0 Å². The zero-order valence-corrected chi connectivity index (χ0v) is 17.9. The molecule has 1 aromatic carbocycles. The fourth-order valence-electron chi connectivity index (χ4n) is 4.42. The molecule has 3 saturated carbocycles. The van der Waals surface area contributed by atoms with E-state index >= 15 is 0 Å². The number of carbonyl (C=O) groups is 1. The summed E-state index contributed by atoms with van der Waals surface area (Å²) in [4.78, 5) is 16.2. The SMILES string of the molecule is N#Cc1cncc(OCc2nnc(C34CC(NC(=O)COc5ccc(Cl)c(F)c5)(C3)C4)o2)c1. The average molecular weight is 470 g/mol. The Morgan fingerprint density at radius 1 is 1.21 bits per heavy atom. The first-order valence-electron chi connectivity index (χ1n) is 10.1. The summed E-state index contributed by atoms with van der Waals surface area (Å²) in [7, 11) is 0. The van der Waals surface area contributed by atoms with E-state index < -0.39 is 5.82 Å². The molecule has 0 unspecified atom stereocenters. The molecule has 168 valence electrons. The molecule has 9 nitrogen and oxygen atoms in total.